The third kappa shape index (κ3) is 2.01. The highest BCUT2D eigenvalue weighted by molar-refractivity contribution is 6.24. The van der Waals surface area contributed by atoms with Crippen LogP contribution in [0.5, 0.6) is 0 Å². The van der Waals surface area contributed by atoms with Crippen LogP contribution in [0.25, 0.3) is 22.5 Å². The number of aromatic nitrogens is 3. The molecule has 4 rings (SSSR count). The second-order valence-electron chi connectivity index (χ2n) is 5.61. The van der Waals surface area contributed by atoms with E-state index in [1.165, 1.54) is 6.92 Å². The summed E-state index contributed by atoms with van der Waals surface area (Å²) in [6.45, 7) is 1.53. The molecule has 0 bridgehead atoms. The van der Waals surface area contributed by atoms with E-state index in [1.54, 1.807) is 12.4 Å². The Balaban J connectivity index is 1.90. The topological polar surface area (TPSA) is 75.7 Å². The Morgan fingerprint density at radius 2 is 2.04 bits per heavy atom. The van der Waals surface area contributed by atoms with Gasteiger partial charge >= 0.3 is 0 Å². The molecular weight excluding hydrogens is 290 g/mol. The quantitative estimate of drug-likeness (QED) is 0.631. The smallest absolute Gasteiger partial charge is 0.198 e. The fraction of sp³-hybridized carbons (Fsp3) is 0.111. The van der Waals surface area contributed by atoms with Crippen LogP contribution >= 0.6 is 0 Å². The first kappa shape index (κ1) is 13.6. The van der Waals surface area contributed by atoms with Crippen molar-refractivity contribution in [2.45, 2.75) is 13.3 Å². The normalized spacial score (nSPS) is 12.1. The first-order valence-electron chi connectivity index (χ1n) is 7.32. The van der Waals surface area contributed by atoms with Gasteiger partial charge in [-0.1, -0.05) is 18.2 Å². The maximum atomic E-state index is 13.0. The maximum Gasteiger partial charge on any atom is 0.198 e. The highest BCUT2D eigenvalue weighted by atomic mass is 16.1. The summed E-state index contributed by atoms with van der Waals surface area (Å²) in [5.74, 6) is -0.0492. The van der Waals surface area contributed by atoms with Crippen LogP contribution in [0, 0.1) is 0 Å². The van der Waals surface area contributed by atoms with Crippen LogP contribution in [-0.4, -0.2) is 26.7 Å². The summed E-state index contributed by atoms with van der Waals surface area (Å²) < 4.78 is 0. The molecule has 0 saturated carbocycles. The lowest BCUT2D eigenvalue weighted by molar-refractivity contribution is -0.116. The van der Waals surface area contributed by atoms with E-state index in [0.717, 1.165) is 16.7 Å². The Bertz CT molecular complexity index is 942. The number of fused-ring (bicyclic) bond motifs is 3. The first-order chi connectivity index (χ1) is 11.2. The van der Waals surface area contributed by atoms with Crippen molar-refractivity contribution in [2.75, 3.05) is 0 Å². The van der Waals surface area contributed by atoms with Crippen LogP contribution in [0.3, 0.4) is 0 Å². The van der Waals surface area contributed by atoms with E-state index in [1.807, 2.05) is 30.3 Å². The average Bonchev–Trinajstić information content (AvgIpc) is 3.09. The van der Waals surface area contributed by atoms with Crippen molar-refractivity contribution < 1.29 is 9.59 Å². The Morgan fingerprint density at radius 3 is 2.78 bits per heavy atom. The van der Waals surface area contributed by atoms with Gasteiger partial charge in [-0.05, 0) is 24.6 Å². The molecule has 23 heavy (non-hydrogen) atoms. The second-order valence-corrected chi connectivity index (χ2v) is 5.61. The number of aromatic amines is 1. The molecule has 0 atom stereocenters. The Hall–Kier alpha value is -3.08. The lowest BCUT2D eigenvalue weighted by Crippen LogP contribution is -2.06. The molecular formula is C18H13N3O2. The number of carbonyl (C=O) groups is 2. The minimum Gasteiger partial charge on any atom is -0.300 e. The number of pyridine rings is 1. The van der Waals surface area contributed by atoms with Crippen molar-refractivity contribution in [1.82, 2.24) is 15.2 Å². The molecule has 5 heteroatoms. The summed E-state index contributed by atoms with van der Waals surface area (Å²) in [5.41, 5.74) is 4.85. The van der Waals surface area contributed by atoms with Crippen molar-refractivity contribution in [3.63, 3.8) is 0 Å². The predicted octanol–water partition coefficient (Wildman–Crippen LogP) is 2.81. The molecule has 0 spiro atoms. The van der Waals surface area contributed by atoms with Gasteiger partial charge in [0.25, 0.3) is 0 Å². The molecule has 0 saturated heterocycles. The van der Waals surface area contributed by atoms with Crippen molar-refractivity contribution in [1.29, 1.82) is 0 Å². The minimum absolute atomic E-state index is 0.0346. The van der Waals surface area contributed by atoms with Gasteiger partial charge in [-0.3, -0.25) is 19.7 Å². The standard InChI is InChI=1S/C18H13N3O2/c1-10(22)8-11-4-2-6-13-14(11)18(23)15-16(20-21-17(13)15)12-5-3-7-19-9-12/h2-7,9H,8H2,1H3,(H,20,21). The highest BCUT2D eigenvalue weighted by Crippen LogP contribution is 2.41. The van der Waals surface area contributed by atoms with Gasteiger partial charge in [-0.15, -0.1) is 0 Å². The van der Waals surface area contributed by atoms with Crippen LogP contribution in [-0.2, 0) is 11.2 Å². The molecule has 112 valence electrons. The van der Waals surface area contributed by atoms with Crippen LogP contribution in [0.4, 0.5) is 0 Å². The van der Waals surface area contributed by atoms with Gasteiger partial charge in [-0.25, -0.2) is 0 Å². The number of benzene rings is 1. The van der Waals surface area contributed by atoms with Crippen LogP contribution < -0.4 is 0 Å². The summed E-state index contributed by atoms with van der Waals surface area (Å²) in [5, 5.41) is 7.26. The van der Waals surface area contributed by atoms with Gasteiger partial charge in [-0.2, -0.15) is 5.10 Å². The van der Waals surface area contributed by atoms with E-state index in [9.17, 15) is 9.59 Å². The molecule has 2 aromatic heterocycles. The Morgan fingerprint density at radius 1 is 1.17 bits per heavy atom. The van der Waals surface area contributed by atoms with E-state index < -0.39 is 0 Å². The van der Waals surface area contributed by atoms with Gasteiger partial charge in [0.1, 0.15) is 11.5 Å². The summed E-state index contributed by atoms with van der Waals surface area (Å²) in [6, 6.07) is 9.26. The van der Waals surface area contributed by atoms with Crippen molar-refractivity contribution in [3.05, 3.63) is 59.4 Å². The van der Waals surface area contributed by atoms with E-state index in [-0.39, 0.29) is 18.0 Å². The van der Waals surface area contributed by atoms with Crippen LogP contribution in [0.15, 0.2) is 42.7 Å². The monoisotopic (exact) mass is 303 g/mol. The van der Waals surface area contributed by atoms with Crippen molar-refractivity contribution in [2.24, 2.45) is 0 Å². The lowest BCUT2D eigenvalue weighted by atomic mass is 9.97. The van der Waals surface area contributed by atoms with Gasteiger partial charge in [0, 0.05) is 35.5 Å². The van der Waals surface area contributed by atoms with Gasteiger partial charge < -0.3 is 0 Å². The summed E-state index contributed by atoms with van der Waals surface area (Å²) in [6.07, 6.45) is 3.62. The lowest BCUT2D eigenvalue weighted by Gasteiger charge is -2.06. The number of hydrogen-bond donors (Lipinski definition) is 1. The summed E-state index contributed by atoms with van der Waals surface area (Å²) in [4.78, 5) is 28.5. The number of Topliss-reactive ketones (excluding diaryl/α,β-unsaturated/α-hetero) is 1. The number of nitrogens with zero attached hydrogens (tertiary/aromatic N) is 2. The van der Waals surface area contributed by atoms with Crippen LogP contribution in [0.1, 0.15) is 28.4 Å². The molecule has 1 aromatic carbocycles. The predicted molar refractivity (Wildman–Crippen MR) is 85.1 cm³/mol. The van der Waals surface area contributed by atoms with Gasteiger partial charge in [0.05, 0.1) is 11.3 Å². The SMILES string of the molecule is CC(=O)Cc1cccc2c1C(=O)c1c(-c3cccnc3)n[nH]c1-2. The number of hydrogen-bond acceptors (Lipinski definition) is 4. The third-order valence-electron chi connectivity index (χ3n) is 4.01. The molecule has 3 aromatic rings. The molecule has 0 aliphatic heterocycles. The molecule has 5 nitrogen and oxygen atoms in total. The fourth-order valence-corrected chi connectivity index (χ4v) is 3.09. The van der Waals surface area contributed by atoms with Gasteiger partial charge in [0.2, 0.25) is 0 Å². The van der Waals surface area contributed by atoms with E-state index in [4.69, 9.17) is 0 Å². The van der Waals surface area contributed by atoms with E-state index >= 15 is 0 Å². The fourth-order valence-electron chi connectivity index (χ4n) is 3.09. The summed E-state index contributed by atoms with van der Waals surface area (Å²) in [7, 11) is 0. The first-order valence-corrected chi connectivity index (χ1v) is 7.32. The molecule has 2 heterocycles. The molecule has 1 N–H and O–H groups in total. The molecule has 0 radical (unpaired) electrons. The zero-order valence-corrected chi connectivity index (χ0v) is 12.5. The van der Waals surface area contributed by atoms with Crippen LogP contribution in [0.2, 0.25) is 0 Å². The average molecular weight is 303 g/mol. The molecule has 0 amide bonds. The zero-order valence-electron chi connectivity index (χ0n) is 12.5. The number of ketones is 2. The zero-order chi connectivity index (χ0) is 16.0. The number of nitrogens with one attached hydrogen (secondary N) is 1. The van der Waals surface area contributed by atoms with E-state index in [2.05, 4.69) is 15.2 Å². The minimum atomic E-state index is -0.0838. The van der Waals surface area contributed by atoms with E-state index in [0.29, 0.717) is 22.5 Å². The number of H-pyrrole nitrogens is 1. The second kappa shape index (κ2) is 4.98. The Labute approximate surface area is 132 Å². The van der Waals surface area contributed by atoms with Crippen molar-refractivity contribution >= 4 is 11.6 Å². The number of carbonyl (C=O) groups excluding carboxylic acids is 2. The van der Waals surface area contributed by atoms with Gasteiger partial charge in [0.15, 0.2) is 5.78 Å². The summed E-state index contributed by atoms with van der Waals surface area (Å²) >= 11 is 0. The molecule has 0 fully saturated rings. The third-order valence-corrected chi connectivity index (χ3v) is 4.01. The Kier molecular flexibility index (Phi) is 2.94. The largest absolute Gasteiger partial charge is 0.300 e. The maximum absolute atomic E-state index is 13.0. The molecule has 0 unspecified atom stereocenters. The molecule has 1 aliphatic carbocycles. The van der Waals surface area contributed by atoms with Crippen molar-refractivity contribution in [3.8, 4) is 22.5 Å². The molecule has 1 aliphatic rings. The highest BCUT2D eigenvalue weighted by Gasteiger charge is 2.34. The number of rotatable bonds is 3.